The van der Waals surface area contributed by atoms with Gasteiger partial charge < -0.3 is 9.15 Å². The highest BCUT2D eigenvalue weighted by molar-refractivity contribution is 5.09. The highest BCUT2D eigenvalue weighted by atomic mass is 16.5. The molecule has 2 aromatic rings. The van der Waals surface area contributed by atoms with Gasteiger partial charge in [0.1, 0.15) is 0 Å². The minimum atomic E-state index is 0.0351. The van der Waals surface area contributed by atoms with E-state index in [9.17, 15) is 0 Å². The summed E-state index contributed by atoms with van der Waals surface area (Å²) in [4.78, 5) is 9.25. The van der Waals surface area contributed by atoms with Gasteiger partial charge >= 0.3 is 0 Å². The molecule has 0 amide bonds. The van der Waals surface area contributed by atoms with E-state index in [1.165, 1.54) is 11.1 Å². The van der Waals surface area contributed by atoms with Crippen molar-refractivity contribution in [2.45, 2.75) is 31.5 Å². The number of aromatic nitrogens is 1. The van der Waals surface area contributed by atoms with Crippen LogP contribution in [0.4, 0.5) is 0 Å². The molecule has 128 valence electrons. The third-order valence-corrected chi connectivity index (χ3v) is 5.21. The van der Waals surface area contributed by atoms with Gasteiger partial charge in [-0.2, -0.15) is 0 Å². The second-order valence-corrected chi connectivity index (χ2v) is 7.01. The molecular weight excluding hydrogens is 302 g/mol. The Kier molecular flexibility index (Phi) is 4.65. The summed E-state index contributed by atoms with van der Waals surface area (Å²) in [5.74, 6) is 0. The van der Waals surface area contributed by atoms with Crippen molar-refractivity contribution in [2.24, 2.45) is 0 Å². The highest BCUT2D eigenvalue weighted by Gasteiger charge is 2.39. The zero-order valence-electron chi connectivity index (χ0n) is 14.1. The van der Waals surface area contributed by atoms with E-state index >= 15 is 0 Å². The molecule has 0 unspecified atom stereocenters. The van der Waals surface area contributed by atoms with Gasteiger partial charge in [-0.05, 0) is 30.5 Å². The fraction of sp³-hybridized carbons (Fsp3) is 0.526. The Morgan fingerprint density at radius 1 is 1.04 bits per heavy atom. The lowest BCUT2D eigenvalue weighted by molar-refractivity contribution is -0.138. The Balaban J connectivity index is 1.32. The molecule has 0 aromatic carbocycles. The number of ether oxygens (including phenoxy) is 1. The van der Waals surface area contributed by atoms with Gasteiger partial charge in [0.25, 0.3) is 0 Å². The number of nitrogens with zero attached hydrogens (tertiary/aromatic N) is 3. The molecule has 2 aromatic heterocycles. The number of piperidine rings is 1. The van der Waals surface area contributed by atoms with E-state index in [0.717, 1.165) is 58.7 Å². The summed E-state index contributed by atoms with van der Waals surface area (Å²) in [6, 6.07) is 6.22. The average molecular weight is 327 g/mol. The predicted molar refractivity (Wildman–Crippen MR) is 91.4 cm³/mol. The summed E-state index contributed by atoms with van der Waals surface area (Å²) >= 11 is 0. The van der Waals surface area contributed by atoms with Crippen molar-refractivity contribution < 1.29 is 9.15 Å². The van der Waals surface area contributed by atoms with E-state index in [4.69, 9.17) is 9.15 Å². The number of morpholine rings is 1. The maximum Gasteiger partial charge on any atom is 0.0947 e. The van der Waals surface area contributed by atoms with Crippen molar-refractivity contribution in [2.75, 3.05) is 32.8 Å². The largest absolute Gasteiger partial charge is 0.472 e. The number of rotatable bonds is 4. The molecule has 2 fully saturated rings. The fourth-order valence-corrected chi connectivity index (χ4v) is 3.87. The van der Waals surface area contributed by atoms with Gasteiger partial charge in [-0.15, -0.1) is 0 Å². The number of pyridine rings is 1. The highest BCUT2D eigenvalue weighted by Crippen LogP contribution is 2.31. The van der Waals surface area contributed by atoms with Crippen LogP contribution in [0.15, 0.2) is 47.5 Å². The minimum absolute atomic E-state index is 0.0351. The predicted octanol–water partition coefficient (Wildman–Crippen LogP) is 2.54. The molecule has 5 heteroatoms. The van der Waals surface area contributed by atoms with Gasteiger partial charge in [0.2, 0.25) is 0 Å². The second kappa shape index (κ2) is 7.05. The van der Waals surface area contributed by atoms with E-state index in [2.05, 4.69) is 26.9 Å². The molecule has 2 saturated heterocycles. The summed E-state index contributed by atoms with van der Waals surface area (Å²) < 4.78 is 11.4. The summed E-state index contributed by atoms with van der Waals surface area (Å²) in [7, 11) is 0. The standard InChI is InChI=1S/C19H25N3O2/c1-2-17(12-20-6-1)13-22-9-11-24-19(16-22)4-7-21(8-5-19)14-18-3-10-23-15-18/h1-3,6,10,12,15H,4-5,7-9,11,13-14,16H2. The van der Waals surface area contributed by atoms with E-state index in [1.807, 2.05) is 24.7 Å². The van der Waals surface area contributed by atoms with Crippen LogP contribution in [0.2, 0.25) is 0 Å². The molecule has 0 radical (unpaired) electrons. The lowest BCUT2D eigenvalue weighted by atomic mass is 9.89. The normalized spacial score (nSPS) is 22.0. The van der Waals surface area contributed by atoms with Gasteiger partial charge in [0, 0.05) is 57.2 Å². The third kappa shape index (κ3) is 3.69. The van der Waals surface area contributed by atoms with Crippen molar-refractivity contribution in [3.05, 3.63) is 54.2 Å². The van der Waals surface area contributed by atoms with E-state index in [0.29, 0.717) is 0 Å². The van der Waals surface area contributed by atoms with Gasteiger partial charge in [-0.3, -0.25) is 14.8 Å². The van der Waals surface area contributed by atoms with Crippen LogP contribution >= 0.6 is 0 Å². The minimum Gasteiger partial charge on any atom is -0.472 e. The van der Waals surface area contributed by atoms with Crippen molar-refractivity contribution >= 4 is 0 Å². The Bertz CT molecular complexity index is 621. The number of furan rings is 1. The molecule has 1 spiro atoms. The maximum absolute atomic E-state index is 6.26. The summed E-state index contributed by atoms with van der Waals surface area (Å²) in [5, 5.41) is 0. The molecule has 24 heavy (non-hydrogen) atoms. The summed E-state index contributed by atoms with van der Waals surface area (Å²) in [6.07, 6.45) is 9.61. The van der Waals surface area contributed by atoms with E-state index < -0.39 is 0 Å². The van der Waals surface area contributed by atoms with Gasteiger partial charge in [0.15, 0.2) is 0 Å². The van der Waals surface area contributed by atoms with Crippen molar-refractivity contribution in [3.8, 4) is 0 Å². The molecule has 4 rings (SSSR count). The average Bonchev–Trinajstić information content (AvgIpc) is 3.11. The smallest absolute Gasteiger partial charge is 0.0947 e. The van der Waals surface area contributed by atoms with Crippen LogP contribution in [0.5, 0.6) is 0 Å². The van der Waals surface area contributed by atoms with Crippen LogP contribution in [0.3, 0.4) is 0 Å². The first-order valence-corrected chi connectivity index (χ1v) is 8.80. The van der Waals surface area contributed by atoms with Crippen LogP contribution in [0.1, 0.15) is 24.0 Å². The SMILES string of the molecule is c1cncc(CN2CCOC3(CCN(Cc4ccoc4)CC3)C2)c1. The van der Waals surface area contributed by atoms with Gasteiger partial charge in [-0.1, -0.05) is 6.07 Å². The Morgan fingerprint density at radius 3 is 2.67 bits per heavy atom. The van der Waals surface area contributed by atoms with Gasteiger partial charge in [0.05, 0.1) is 24.7 Å². The van der Waals surface area contributed by atoms with E-state index in [1.54, 1.807) is 6.26 Å². The number of hydrogen-bond acceptors (Lipinski definition) is 5. The lowest BCUT2D eigenvalue weighted by Crippen LogP contribution is -2.56. The zero-order chi connectivity index (χ0) is 16.2. The fourth-order valence-electron chi connectivity index (χ4n) is 3.87. The van der Waals surface area contributed by atoms with Crippen molar-refractivity contribution in [1.82, 2.24) is 14.8 Å². The molecular formula is C19H25N3O2. The Hall–Kier alpha value is -1.69. The van der Waals surface area contributed by atoms with E-state index in [-0.39, 0.29) is 5.60 Å². The molecule has 2 aliphatic heterocycles. The number of hydrogen-bond donors (Lipinski definition) is 0. The first-order valence-electron chi connectivity index (χ1n) is 8.80. The van der Waals surface area contributed by atoms with Crippen LogP contribution in [0, 0.1) is 0 Å². The Morgan fingerprint density at radius 2 is 1.92 bits per heavy atom. The molecule has 4 heterocycles. The monoisotopic (exact) mass is 327 g/mol. The molecule has 5 nitrogen and oxygen atoms in total. The molecule has 2 aliphatic rings. The molecule has 0 bridgehead atoms. The van der Waals surface area contributed by atoms with Crippen molar-refractivity contribution in [1.29, 1.82) is 0 Å². The second-order valence-electron chi connectivity index (χ2n) is 7.01. The zero-order valence-corrected chi connectivity index (χ0v) is 14.1. The van der Waals surface area contributed by atoms with Crippen LogP contribution in [0.25, 0.3) is 0 Å². The lowest BCUT2D eigenvalue weighted by Gasteiger charge is -2.47. The summed E-state index contributed by atoms with van der Waals surface area (Å²) in [6.45, 7) is 7.00. The maximum atomic E-state index is 6.26. The van der Waals surface area contributed by atoms with Crippen molar-refractivity contribution in [3.63, 3.8) is 0 Å². The topological polar surface area (TPSA) is 41.7 Å². The third-order valence-electron chi connectivity index (χ3n) is 5.21. The van der Waals surface area contributed by atoms with Gasteiger partial charge in [-0.25, -0.2) is 0 Å². The molecule has 0 aliphatic carbocycles. The molecule has 0 N–H and O–H groups in total. The summed E-state index contributed by atoms with van der Waals surface area (Å²) in [5.41, 5.74) is 2.58. The first kappa shape index (κ1) is 15.8. The molecule has 0 atom stereocenters. The first-order chi connectivity index (χ1) is 11.8. The van der Waals surface area contributed by atoms with Crippen LogP contribution in [-0.2, 0) is 17.8 Å². The van der Waals surface area contributed by atoms with Crippen LogP contribution < -0.4 is 0 Å². The Labute approximate surface area is 143 Å². The number of likely N-dealkylation sites (tertiary alicyclic amines) is 1. The quantitative estimate of drug-likeness (QED) is 0.863. The molecule has 0 saturated carbocycles. The van der Waals surface area contributed by atoms with Crippen LogP contribution in [-0.4, -0.2) is 53.2 Å².